The normalized spacial score (nSPS) is 16.5. The molecular weight excluding hydrogens is 389 g/mol. The van der Waals surface area contributed by atoms with Gasteiger partial charge in [0.1, 0.15) is 11.6 Å². The van der Waals surface area contributed by atoms with Crippen LogP contribution >= 0.6 is 0 Å². The summed E-state index contributed by atoms with van der Waals surface area (Å²) in [5, 5.41) is 3.49. The molecule has 1 aliphatic heterocycles. The van der Waals surface area contributed by atoms with Crippen LogP contribution in [0.1, 0.15) is 31.4 Å². The van der Waals surface area contributed by atoms with Crippen molar-refractivity contribution >= 4 is 0 Å². The van der Waals surface area contributed by atoms with Gasteiger partial charge in [-0.2, -0.15) is 0 Å². The van der Waals surface area contributed by atoms with E-state index in [2.05, 4.69) is 54.7 Å². The Bertz CT molecular complexity index is 820. The first-order valence-corrected chi connectivity index (χ1v) is 11.2. The van der Waals surface area contributed by atoms with Crippen molar-refractivity contribution in [2.45, 2.75) is 33.4 Å². The number of rotatable bonds is 11. The molecule has 3 rings (SSSR count). The predicted molar refractivity (Wildman–Crippen MR) is 125 cm³/mol. The van der Waals surface area contributed by atoms with E-state index in [1.807, 2.05) is 24.3 Å². The molecule has 4 nitrogen and oxygen atoms in total. The second-order valence-electron chi connectivity index (χ2n) is 9.07. The molecule has 1 saturated heterocycles. The van der Waals surface area contributed by atoms with E-state index < -0.39 is 0 Å². The summed E-state index contributed by atoms with van der Waals surface area (Å²) in [7, 11) is 2.17. The Morgan fingerprint density at radius 2 is 1.84 bits per heavy atom. The summed E-state index contributed by atoms with van der Waals surface area (Å²) >= 11 is 0. The highest BCUT2D eigenvalue weighted by molar-refractivity contribution is 5.27. The van der Waals surface area contributed by atoms with Crippen LogP contribution in [0.15, 0.2) is 60.9 Å². The van der Waals surface area contributed by atoms with Crippen LogP contribution in [0, 0.1) is 17.7 Å². The summed E-state index contributed by atoms with van der Waals surface area (Å²) < 4.78 is 19.1. The van der Waals surface area contributed by atoms with Crippen molar-refractivity contribution in [3.8, 4) is 5.75 Å². The monoisotopic (exact) mass is 425 g/mol. The second kappa shape index (κ2) is 11.2. The average molecular weight is 426 g/mol. The summed E-state index contributed by atoms with van der Waals surface area (Å²) in [4.78, 5) is 4.66. The molecule has 0 aromatic heterocycles. The van der Waals surface area contributed by atoms with Crippen LogP contribution in [0.4, 0.5) is 4.39 Å². The number of halogens is 1. The maximum Gasteiger partial charge on any atom is 0.123 e. The Balaban J connectivity index is 1.58. The second-order valence-corrected chi connectivity index (χ2v) is 9.07. The maximum atomic E-state index is 13.3. The molecule has 0 aliphatic carbocycles. The van der Waals surface area contributed by atoms with Crippen molar-refractivity contribution in [3.05, 3.63) is 77.9 Å². The third kappa shape index (κ3) is 7.59. The Kier molecular flexibility index (Phi) is 8.35. The molecule has 0 radical (unpaired) electrons. The molecule has 168 valence electrons. The Labute approximate surface area is 186 Å². The number of benzene rings is 2. The van der Waals surface area contributed by atoms with Gasteiger partial charge in [0.15, 0.2) is 0 Å². The zero-order valence-corrected chi connectivity index (χ0v) is 19.1. The van der Waals surface area contributed by atoms with E-state index in [0.29, 0.717) is 24.9 Å². The zero-order chi connectivity index (χ0) is 22.2. The van der Waals surface area contributed by atoms with Crippen molar-refractivity contribution in [3.63, 3.8) is 0 Å². The molecule has 0 bridgehead atoms. The van der Waals surface area contributed by atoms with Gasteiger partial charge in [0, 0.05) is 26.2 Å². The molecule has 1 N–H and O–H groups in total. The van der Waals surface area contributed by atoms with Crippen molar-refractivity contribution in [2.75, 3.05) is 33.3 Å². The lowest BCUT2D eigenvalue weighted by molar-refractivity contribution is 0.259. The van der Waals surface area contributed by atoms with E-state index in [1.54, 1.807) is 0 Å². The molecule has 31 heavy (non-hydrogen) atoms. The summed E-state index contributed by atoms with van der Waals surface area (Å²) in [6.07, 6.45) is 1.20. The van der Waals surface area contributed by atoms with Gasteiger partial charge < -0.3 is 19.9 Å². The SMILES string of the molecule is C=C(NCc1ccc(OCC(C)C)cc1)N(Cc1ccc(F)cc1)C[C@H]1CCN(C)C1. The average Bonchev–Trinajstić information content (AvgIpc) is 3.17. The molecule has 5 heteroatoms. The molecule has 0 amide bonds. The molecule has 2 aromatic carbocycles. The molecule has 2 aromatic rings. The first kappa shape index (κ1) is 23.1. The fraction of sp³-hybridized carbons (Fsp3) is 0.462. The zero-order valence-electron chi connectivity index (χ0n) is 19.1. The minimum Gasteiger partial charge on any atom is -0.493 e. The van der Waals surface area contributed by atoms with Gasteiger partial charge in [-0.1, -0.05) is 44.7 Å². The van der Waals surface area contributed by atoms with Crippen molar-refractivity contribution in [1.82, 2.24) is 15.1 Å². The molecule has 1 atom stereocenters. The summed E-state index contributed by atoms with van der Waals surface area (Å²) in [6, 6.07) is 15.0. The molecular formula is C26H36FN3O. The van der Waals surface area contributed by atoms with Gasteiger partial charge in [-0.15, -0.1) is 0 Å². The quantitative estimate of drug-likeness (QED) is 0.556. The topological polar surface area (TPSA) is 27.7 Å². The van der Waals surface area contributed by atoms with Gasteiger partial charge in [0.05, 0.1) is 12.4 Å². The van der Waals surface area contributed by atoms with Crippen LogP contribution in [0.2, 0.25) is 0 Å². The molecule has 1 heterocycles. The van der Waals surface area contributed by atoms with E-state index in [1.165, 1.54) is 24.1 Å². The number of nitrogens with zero attached hydrogens (tertiary/aromatic N) is 2. The first-order chi connectivity index (χ1) is 14.9. The molecule has 0 spiro atoms. The Hall–Kier alpha value is -2.53. The van der Waals surface area contributed by atoms with E-state index in [-0.39, 0.29) is 5.82 Å². The van der Waals surface area contributed by atoms with E-state index in [0.717, 1.165) is 43.4 Å². The summed E-state index contributed by atoms with van der Waals surface area (Å²) in [6.45, 7) is 13.9. The highest BCUT2D eigenvalue weighted by atomic mass is 19.1. The Morgan fingerprint density at radius 3 is 2.45 bits per heavy atom. The number of hydrogen-bond donors (Lipinski definition) is 1. The van der Waals surface area contributed by atoms with Crippen molar-refractivity contribution in [1.29, 1.82) is 0 Å². The van der Waals surface area contributed by atoms with Crippen molar-refractivity contribution in [2.24, 2.45) is 11.8 Å². The van der Waals surface area contributed by atoms with E-state index in [9.17, 15) is 4.39 Å². The lowest BCUT2D eigenvalue weighted by atomic mass is 10.1. The number of likely N-dealkylation sites (tertiary alicyclic amines) is 1. The predicted octanol–water partition coefficient (Wildman–Crippen LogP) is 4.88. The molecule has 0 saturated carbocycles. The maximum absolute atomic E-state index is 13.3. The highest BCUT2D eigenvalue weighted by Gasteiger charge is 2.23. The van der Waals surface area contributed by atoms with Gasteiger partial charge in [-0.3, -0.25) is 0 Å². The van der Waals surface area contributed by atoms with Gasteiger partial charge in [0.2, 0.25) is 0 Å². The highest BCUT2D eigenvalue weighted by Crippen LogP contribution is 2.20. The van der Waals surface area contributed by atoms with Gasteiger partial charge in [0.25, 0.3) is 0 Å². The van der Waals surface area contributed by atoms with Gasteiger partial charge >= 0.3 is 0 Å². The Morgan fingerprint density at radius 1 is 1.16 bits per heavy atom. The van der Waals surface area contributed by atoms with Crippen LogP contribution in [0.5, 0.6) is 5.75 Å². The third-order valence-electron chi connectivity index (χ3n) is 5.64. The lowest BCUT2D eigenvalue weighted by Gasteiger charge is -2.30. The number of nitrogens with one attached hydrogen (secondary N) is 1. The van der Waals surface area contributed by atoms with Crippen LogP contribution < -0.4 is 10.1 Å². The fourth-order valence-corrected chi connectivity index (χ4v) is 3.85. The van der Waals surface area contributed by atoms with Crippen LogP contribution in [-0.2, 0) is 13.1 Å². The minimum absolute atomic E-state index is 0.203. The number of ether oxygens (including phenoxy) is 1. The van der Waals surface area contributed by atoms with Gasteiger partial charge in [-0.25, -0.2) is 4.39 Å². The van der Waals surface area contributed by atoms with Crippen molar-refractivity contribution < 1.29 is 9.13 Å². The smallest absolute Gasteiger partial charge is 0.123 e. The largest absolute Gasteiger partial charge is 0.493 e. The molecule has 1 fully saturated rings. The minimum atomic E-state index is -0.203. The lowest BCUT2D eigenvalue weighted by Crippen LogP contribution is -2.35. The first-order valence-electron chi connectivity index (χ1n) is 11.2. The third-order valence-corrected chi connectivity index (χ3v) is 5.64. The standard InChI is InChI=1S/C26H36FN3O/c1-20(2)19-31-26-11-7-22(8-12-26)15-28-21(3)30(18-24-13-14-29(4)16-24)17-23-5-9-25(27)10-6-23/h5-12,20,24,28H,3,13-19H2,1-2,4H3/t24-/m0/s1. The van der Waals surface area contributed by atoms with Crippen LogP contribution in [0.25, 0.3) is 0 Å². The van der Waals surface area contributed by atoms with Gasteiger partial charge in [-0.05, 0) is 67.2 Å². The fourth-order valence-electron chi connectivity index (χ4n) is 3.85. The van der Waals surface area contributed by atoms with E-state index >= 15 is 0 Å². The summed E-state index contributed by atoms with van der Waals surface area (Å²) in [5.74, 6) is 2.72. The number of hydrogen-bond acceptors (Lipinski definition) is 4. The van der Waals surface area contributed by atoms with Crippen LogP contribution in [0.3, 0.4) is 0 Å². The molecule has 0 unspecified atom stereocenters. The van der Waals surface area contributed by atoms with E-state index in [4.69, 9.17) is 4.74 Å². The van der Waals surface area contributed by atoms with Crippen LogP contribution in [-0.4, -0.2) is 43.1 Å². The molecule has 1 aliphatic rings. The summed E-state index contributed by atoms with van der Waals surface area (Å²) in [5.41, 5.74) is 2.27.